The van der Waals surface area contributed by atoms with Gasteiger partial charge in [0.05, 0.1) is 12.2 Å². The molecule has 7 nitrogen and oxygen atoms in total. The summed E-state index contributed by atoms with van der Waals surface area (Å²) in [7, 11) is 0. The van der Waals surface area contributed by atoms with Crippen LogP contribution in [0.2, 0.25) is 0 Å². The Bertz CT molecular complexity index is 530. The van der Waals surface area contributed by atoms with Gasteiger partial charge in [-0.25, -0.2) is 24.7 Å². The van der Waals surface area contributed by atoms with Crippen LogP contribution in [-0.4, -0.2) is 32.5 Å². The molecule has 0 aliphatic carbocycles. The zero-order valence-electron chi connectivity index (χ0n) is 10.4. The highest BCUT2D eigenvalue weighted by Gasteiger charge is 2.07. The molecule has 19 heavy (non-hydrogen) atoms. The van der Waals surface area contributed by atoms with Crippen molar-refractivity contribution in [2.45, 2.75) is 13.5 Å². The second-order valence-electron chi connectivity index (χ2n) is 3.62. The smallest absolute Gasteiger partial charge is 0.341 e. The number of hydrogen-bond donors (Lipinski definition) is 1. The summed E-state index contributed by atoms with van der Waals surface area (Å²) in [5.74, 6) is 0.00223. The maximum atomic E-state index is 11.4. The van der Waals surface area contributed by atoms with Crippen molar-refractivity contribution >= 4 is 11.9 Å². The van der Waals surface area contributed by atoms with E-state index < -0.39 is 5.97 Å². The molecular formula is C12H13N5O2. The lowest BCUT2D eigenvalue weighted by atomic mass is 10.3. The maximum absolute atomic E-state index is 11.4. The minimum Gasteiger partial charge on any atom is -0.462 e. The quantitative estimate of drug-likeness (QED) is 0.803. The van der Waals surface area contributed by atoms with Crippen LogP contribution in [0.15, 0.2) is 31.1 Å². The average Bonchev–Trinajstić information content (AvgIpc) is 2.47. The van der Waals surface area contributed by atoms with Crippen molar-refractivity contribution in [3.8, 4) is 0 Å². The first-order chi connectivity index (χ1) is 9.29. The summed E-state index contributed by atoms with van der Waals surface area (Å²) in [6, 6.07) is 0. The average molecular weight is 259 g/mol. The maximum Gasteiger partial charge on any atom is 0.341 e. The number of rotatable bonds is 5. The van der Waals surface area contributed by atoms with Gasteiger partial charge in [0, 0.05) is 36.9 Å². The molecule has 0 saturated heterocycles. The third-order valence-electron chi connectivity index (χ3n) is 2.23. The summed E-state index contributed by atoms with van der Waals surface area (Å²) in [5.41, 5.74) is 1.25. The molecule has 1 N–H and O–H groups in total. The number of ether oxygens (including phenoxy) is 1. The summed E-state index contributed by atoms with van der Waals surface area (Å²) in [4.78, 5) is 27.3. The molecule has 0 saturated carbocycles. The van der Waals surface area contributed by atoms with E-state index in [0.29, 0.717) is 24.7 Å². The molecular weight excluding hydrogens is 246 g/mol. The van der Waals surface area contributed by atoms with E-state index in [4.69, 9.17) is 4.74 Å². The van der Waals surface area contributed by atoms with Gasteiger partial charge in [-0.15, -0.1) is 0 Å². The van der Waals surface area contributed by atoms with Gasteiger partial charge in [-0.1, -0.05) is 0 Å². The monoisotopic (exact) mass is 259 g/mol. The first-order valence-electron chi connectivity index (χ1n) is 5.76. The highest BCUT2D eigenvalue weighted by molar-refractivity contribution is 5.88. The molecule has 0 amide bonds. The molecule has 98 valence electrons. The summed E-state index contributed by atoms with van der Waals surface area (Å²) < 4.78 is 4.84. The molecule has 0 atom stereocenters. The Morgan fingerprint density at radius 1 is 1.21 bits per heavy atom. The second kappa shape index (κ2) is 6.39. The van der Waals surface area contributed by atoms with Crippen LogP contribution < -0.4 is 5.32 Å². The van der Waals surface area contributed by atoms with Gasteiger partial charge in [0.1, 0.15) is 6.33 Å². The lowest BCUT2D eigenvalue weighted by molar-refractivity contribution is 0.0525. The number of hydrogen-bond acceptors (Lipinski definition) is 7. The molecule has 2 heterocycles. The SMILES string of the molecule is CCOC(=O)c1cnc(NCc2cncnc2)nc1. The normalized spacial score (nSPS) is 9.95. The third kappa shape index (κ3) is 3.70. The van der Waals surface area contributed by atoms with Crippen molar-refractivity contribution in [1.29, 1.82) is 0 Å². The summed E-state index contributed by atoms with van der Waals surface area (Å²) in [6.45, 7) is 2.59. The van der Waals surface area contributed by atoms with Crippen LogP contribution in [0.5, 0.6) is 0 Å². The largest absolute Gasteiger partial charge is 0.462 e. The first kappa shape index (κ1) is 12.9. The third-order valence-corrected chi connectivity index (χ3v) is 2.23. The van der Waals surface area contributed by atoms with Gasteiger partial charge in [0.2, 0.25) is 5.95 Å². The van der Waals surface area contributed by atoms with Crippen LogP contribution in [0.4, 0.5) is 5.95 Å². The molecule has 0 bridgehead atoms. The fourth-order valence-electron chi connectivity index (χ4n) is 1.34. The lowest BCUT2D eigenvalue weighted by Gasteiger charge is -2.05. The minimum atomic E-state index is -0.425. The Balaban J connectivity index is 1.94. The van der Waals surface area contributed by atoms with Crippen molar-refractivity contribution in [3.05, 3.63) is 42.2 Å². The van der Waals surface area contributed by atoms with Gasteiger partial charge in [0.15, 0.2) is 0 Å². The number of esters is 1. The number of carbonyl (C=O) groups excluding carboxylic acids is 1. The summed E-state index contributed by atoms with van der Waals surface area (Å²) in [5, 5.41) is 3.00. The van der Waals surface area contributed by atoms with Crippen LogP contribution >= 0.6 is 0 Å². The number of nitrogens with one attached hydrogen (secondary N) is 1. The molecule has 0 unspecified atom stereocenters. The predicted octanol–water partition coefficient (Wildman–Crippen LogP) is 1.06. The van der Waals surface area contributed by atoms with Crippen molar-refractivity contribution in [2.24, 2.45) is 0 Å². The number of aromatic nitrogens is 4. The van der Waals surface area contributed by atoms with Crippen LogP contribution in [-0.2, 0) is 11.3 Å². The Kier molecular flexibility index (Phi) is 4.33. The van der Waals surface area contributed by atoms with Crippen LogP contribution in [0, 0.1) is 0 Å². The van der Waals surface area contributed by atoms with Crippen molar-refractivity contribution in [2.75, 3.05) is 11.9 Å². The zero-order valence-corrected chi connectivity index (χ0v) is 10.4. The van der Waals surface area contributed by atoms with Gasteiger partial charge in [-0.2, -0.15) is 0 Å². The molecule has 0 aliphatic rings. The van der Waals surface area contributed by atoms with E-state index in [9.17, 15) is 4.79 Å². The van der Waals surface area contributed by atoms with Crippen molar-refractivity contribution in [3.63, 3.8) is 0 Å². The minimum absolute atomic E-state index is 0.326. The molecule has 2 rings (SSSR count). The van der Waals surface area contributed by atoms with E-state index in [0.717, 1.165) is 5.56 Å². The lowest BCUT2D eigenvalue weighted by Crippen LogP contribution is -2.08. The van der Waals surface area contributed by atoms with Crippen LogP contribution in [0.25, 0.3) is 0 Å². The Hall–Kier alpha value is -2.57. The van der Waals surface area contributed by atoms with Gasteiger partial charge in [-0.3, -0.25) is 0 Å². The van der Waals surface area contributed by atoms with Crippen molar-refractivity contribution < 1.29 is 9.53 Å². The Morgan fingerprint density at radius 3 is 2.53 bits per heavy atom. The number of anilines is 1. The molecule has 2 aromatic rings. The molecule has 0 aliphatic heterocycles. The fraction of sp³-hybridized carbons (Fsp3) is 0.250. The summed E-state index contributed by atoms with van der Waals surface area (Å²) >= 11 is 0. The van der Waals surface area contributed by atoms with E-state index in [1.807, 2.05) is 0 Å². The molecule has 2 aromatic heterocycles. The second-order valence-corrected chi connectivity index (χ2v) is 3.62. The van der Waals surface area contributed by atoms with E-state index in [2.05, 4.69) is 25.3 Å². The van der Waals surface area contributed by atoms with Gasteiger partial charge in [-0.05, 0) is 6.92 Å². The standard InChI is InChI=1S/C12H13N5O2/c1-2-19-11(18)10-6-16-12(17-7-10)15-5-9-3-13-8-14-4-9/h3-4,6-8H,2,5H2,1H3,(H,15,16,17). The molecule has 0 spiro atoms. The zero-order chi connectivity index (χ0) is 13.5. The van der Waals surface area contributed by atoms with Crippen molar-refractivity contribution in [1.82, 2.24) is 19.9 Å². The van der Waals surface area contributed by atoms with E-state index in [-0.39, 0.29) is 0 Å². The van der Waals surface area contributed by atoms with E-state index >= 15 is 0 Å². The van der Waals surface area contributed by atoms with E-state index in [1.54, 1.807) is 19.3 Å². The van der Waals surface area contributed by atoms with Gasteiger partial charge < -0.3 is 10.1 Å². The number of nitrogens with zero attached hydrogens (tertiary/aromatic N) is 4. The summed E-state index contributed by atoms with van der Waals surface area (Å²) in [6.07, 6.45) is 7.72. The topological polar surface area (TPSA) is 89.9 Å². The Morgan fingerprint density at radius 2 is 1.89 bits per heavy atom. The first-order valence-corrected chi connectivity index (χ1v) is 5.76. The molecule has 0 fully saturated rings. The molecule has 0 radical (unpaired) electrons. The fourth-order valence-corrected chi connectivity index (χ4v) is 1.34. The highest BCUT2D eigenvalue weighted by atomic mass is 16.5. The van der Waals surface area contributed by atoms with Crippen LogP contribution in [0.3, 0.4) is 0 Å². The number of carbonyl (C=O) groups is 1. The Labute approximate surface area is 110 Å². The van der Waals surface area contributed by atoms with E-state index in [1.165, 1.54) is 18.7 Å². The molecule has 7 heteroatoms. The van der Waals surface area contributed by atoms with Crippen LogP contribution in [0.1, 0.15) is 22.8 Å². The predicted molar refractivity (Wildman–Crippen MR) is 67.3 cm³/mol. The molecule has 0 aromatic carbocycles. The highest BCUT2D eigenvalue weighted by Crippen LogP contribution is 2.04. The van der Waals surface area contributed by atoms with Gasteiger partial charge >= 0.3 is 5.97 Å². The van der Waals surface area contributed by atoms with Gasteiger partial charge in [0.25, 0.3) is 0 Å².